The molecule has 2 atom stereocenters. The van der Waals surface area contributed by atoms with Gasteiger partial charge in [-0.15, -0.1) is 0 Å². The Morgan fingerprint density at radius 3 is 3.25 bits per heavy atom. The molecule has 0 amide bonds. The number of nitrogens with one attached hydrogen (secondary N) is 1. The zero-order chi connectivity index (χ0) is 11.4. The van der Waals surface area contributed by atoms with Crippen molar-refractivity contribution < 1.29 is 4.74 Å². The van der Waals surface area contributed by atoms with Crippen LogP contribution in [0.3, 0.4) is 0 Å². The molecule has 0 spiro atoms. The van der Waals surface area contributed by atoms with E-state index in [9.17, 15) is 0 Å². The van der Waals surface area contributed by atoms with Crippen LogP contribution in [0, 0.1) is 0 Å². The van der Waals surface area contributed by atoms with Gasteiger partial charge in [0.05, 0.1) is 12.7 Å². The van der Waals surface area contributed by atoms with E-state index in [0.29, 0.717) is 12.1 Å². The smallest absolute Gasteiger partial charge is 0.0852 e. The molecule has 1 N–H and O–H groups in total. The van der Waals surface area contributed by atoms with Crippen molar-refractivity contribution in [1.82, 2.24) is 10.2 Å². The van der Waals surface area contributed by atoms with Gasteiger partial charge in [-0.25, -0.2) is 0 Å². The first-order valence-corrected chi connectivity index (χ1v) is 6.74. The summed E-state index contributed by atoms with van der Waals surface area (Å²) in [7, 11) is 2.15. The van der Waals surface area contributed by atoms with Gasteiger partial charge in [-0.2, -0.15) is 11.3 Å². The fraction of sp³-hybridized carbons (Fsp3) is 0.667. The van der Waals surface area contributed by atoms with Crippen LogP contribution in [0.15, 0.2) is 16.8 Å². The van der Waals surface area contributed by atoms with Gasteiger partial charge in [-0.1, -0.05) is 0 Å². The zero-order valence-electron chi connectivity index (χ0n) is 9.98. The Hall–Kier alpha value is -0.420. The molecule has 90 valence electrons. The zero-order valence-corrected chi connectivity index (χ0v) is 10.8. The highest BCUT2D eigenvalue weighted by Crippen LogP contribution is 2.09. The van der Waals surface area contributed by atoms with Crippen LogP contribution < -0.4 is 5.32 Å². The Morgan fingerprint density at radius 1 is 1.69 bits per heavy atom. The summed E-state index contributed by atoms with van der Waals surface area (Å²) < 4.78 is 5.78. The average molecular weight is 240 g/mol. The maximum atomic E-state index is 5.78. The second-order valence-electron chi connectivity index (χ2n) is 4.47. The molecule has 1 fully saturated rings. The molecule has 1 aromatic rings. The molecule has 4 heteroatoms. The normalized spacial score (nSPS) is 24.5. The van der Waals surface area contributed by atoms with E-state index in [1.54, 1.807) is 11.3 Å². The van der Waals surface area contributed by atoms with Gasteiger partial charge < -0.3 is 15.0 Å². The standard InChI is InChI=1S/C12H20N2OS/c1-10(12-8-14(2)4-5-15-12)13-7-11-3-6-16-9-11/h3,6,9-10,12-13H,4-5,7-8H2,1-2H3. The minimum Gasteiger partial charge on any atom is -0.374 e. The van der Waals surface area contributed by atoms with Crippen LogP contribution >= 0.6 is 11.3 Å². The molecule has 2 heterocycles. The first-order chi connectivity index (χ1) is 7.75. The summed E-state index contributed by atoms with van der Waals surface area (Å²) in [5.74, 6) is 0. The number of hydrogen-bond acceptors (Lipinski definition) is 4. The third kappa shape index (κ3) is 3.28. The predicted molar refractivity (Wildman–Crippen MR) is 67.9 cm³/mol. The molecule has 0 bridgehead atoms. The topological polar surface area (TPSA) is 24.5 Å². The van der Waals surface area contributed by atoms with Gasteiger partial charge in [0.15, 0.2) is 0 Å². The number of likely N-dealkylation sites (N-methyl/N-ethyl adjacent to an activating group) is 1. The Balaban J connectivity index is 1.76. The van der Waals surface area contributed by atoms with Crippen LogP contribution in [0.4, 0.5) is 0 Å². The monoisotopic (exact) mass is 240 g/mol. The van der Waals surface area contributed by atoms with E-state index in [1.807, 2.05) is 0 Å². The molecule has 2 rings (SSSR count). The quantitative estimate of drug-likeness (QED) is 0.864. The second kappa shape index (κ2) is 5.77. The van der Waals surface area contributed by atoms with E-state index < -0.39 is 0 Å². The van der Waals surface area contributed by atoms with E-state index in [0.717, 1.165) is 26.2 Å². The highest BCUT2D eigenvalue weighted by Gasteiger charge is 2.22. The molecular formula is C12H20N2OS. The molecule has 1 aromatic heterocycles. The number of nitrogens with zero attached hydrogens (tertiary/aromatic N) is 1. The Morgan fingerprint density at radius 2 is 2.56 bits per heavy atom. The molecule has 0 aliphatic carbocycles. The maximum absolute atomic E-state index is 5.78. The summed E-state index contributed by atoms with van der Waals surface area (Å²) in [6, 6.07) is 2.57. The lowest BCUT2D eigenvalue weighted by Crippen LogP contribution is -2.49. The summed E-state index contributed by atoms with van der Waals surface area (Å²) in [5.41, 5.74) is 1.36. The van der Waals surface area contributed by atoms with Crippen molar-refractivity contribution in [2.24, 2.45) is 0 Å². The average Bonchev–Trinajstić information content (AvgIpc) is 2.78. The first kappa shape index (κ1) is 12.0. The fourth-order valence-corrected chi connectivity index (χ4v) is 2.59. The largest absolute Gasteiger partial charge is 0.374 e. The third-order valence-electron chi connectivity index (χ3n) is 3.06. The summed E-state index contributed by atoms with van der Waals surface area (Å²) in [5, 5.41) is 7.84. The molecule has 3 nitrogen and oxygen atoms in total. The number of ether oxygens (including phenoxy) is 1. The van der Waals surface area contributed by atoms with Crippen LogP contribution in [0.5, 0.6) is 0 Å². The molecule has 2 unspecified atom stereocenters. The summed E-state index contributed by atoms with van der Waals surface area (Å²) in [6.07, 6.45) is 0.317. The molecule has 1 aliphatic heterocycles. The van der Waals surface area contributed by atoms with Gasteiger partial charge in [0.25, 0.3) is 0 Å². The lowest BCUT2D eigenvalue weighted by molar-refractivity contribution is -0.0356. The molecule has 1 aliphatic rings. The SMILES string of the molecule is CC(NCc1ccsc1)C1CN(C)CCO1. The lowest BCUT2D eigenvalue weighted by Gasteiger charge is -2.34. The van der Waals surface area contributed by atoms with Gasteiger partial charge in [-0.3, -0.25) is 0 Å². The molecule has 16 heavy (non-hydrogen) atoms. The van der Waals surface area contributed by atoms with Crippen molar-refractivity contribution >= 4 is 11.3 Å². The van der Waals surface area contributed by atoms with Crippen LogP contribution in [-0.2, 0) is 11.3 Å². The number of thiophene rings is 1. The lowest BCUT2D eigenvalue weighted by atomic mass is 10.1. The number of hydrogen-bond donors (Lipinski definition) is 1. The first-order valence-electron chi connectivity index (χ1n) is 5.80. The van der Waals surface area contributed by atoms with Crippen molar-refractivity contribution in [3.05, 3.63) is 22.4 Å². The highest BCUT2D eigenvalue weighted by atomic mass is 32.1. The van der Waals surface area contributed by atoms with Crippen LogP contribution in [0.1, 0.15) is 12.5 Å². The Kier molecular flexibility index (Phi) is 4.35. The van der Waals surface area contributed by atoms with E-state index in [-0.39, 0.29) is 0 Å². The molecule has 0 aromatic carbocycles. The summed E-state index contributed by atoms with van der Waals surface area (Å²) in [4.78, 5) is 2.33. The van der Waals surface area contributed by atoms with E-state index in [1.165, 1.54) is 5.56 Å². The van der Waals surface area contributed by atoms with E-state index >= 15 is 0 Å². The van der Waals surface area contributed by atoms with Crippen molar-refractivity contribution in [3.8, 4) is 0 Å². The minimum absolute atomic E-state index is 0.317. The Bertz CT molecular complexity index is 302. The number of morpholine rings is 1. The summed E-state index contributed by atoms with van der Waals surface area (Å²) >= 11 is 1.75. The number of rotatable bonds is 4. The molecule has 0 saturated carbocycles. The van der Waals surface area contributed by atoms with Crippen LogP contribution in [0.2, 0.25) is 0 Å². The predicted octanol–water partition coefficient (Wildman–Crippen LogP) is 1.56. The van der Waals surface area contributed by atoms with Crippen molar-refractivity contribution in [2.75, 3.05) is 26.7 Å². The van der Waals surface area contributed by atoms with Gasteiger partial charge in [0.1, 0.15) is 0 Å². The highest BCUT2D eigenvalue weighted by molar-refractivity contribution is 7.07. The van der Waals surface area contributed by atoms with Gasteiger partial charge in [0.2, 0.25) is 0 Å². The maximum Gasteiger partial charge on any atom is 0.0852 e. The van der Waals surface area contributed by atoms with Gasteiger partial charge in [-0.05, 0) is 36.4 Å². The molecule has 0 radical (unpaired) electrons. The fourth-order valence-electron chi connectivity index (χ4n) is 1.92. The Labute approximate surface area is 101 Å². The van der Waals surface area contributed by atoms with Crippen LogP contribution in [-0.4, -0.2) is 43.8 Å². The van der Waals surface area contributed by atoms with E-state index in [4.69, 9.17) is 4.74 Å². The van der Waals surface area contributed by atoms with Crippen molar-refractivity contribution in [3.63, 3.8) is 0 Å². The minimum atomic E-state index is 0.317. The summed E-state index contributed by atoms with van der Waals surface area (Å²) in [6.45, 7) is 6.07. The second-order valence-corrected chi connectivity index (χ2v) is 5.25. The van der Waals surface area contributed by atoms with E-state index in [2.05, 4.69) is 41.0 Å². The van der Waals surface area contributed by atoms with Gasteiger partial charge >= 0.3 is 0 Å². The third-order valence-corrected chi connectivity index (χ3v) is 3.79. The van der Waals surface area contributed by atoms with Crippen molar-refractivity contribution in [1.29, 1.82) is 0 Å². The molecular weight excluding hydrogens is 220 g/mol. The van der Waals surface area contributed by atoms with Crippen LogP contribution in [0.25, 0.3) is 0 Å². The van der Waals surface area contributed by atoms with Crippen molar-refractivity contribution in [2.45, 2.75) is 25.6 Å². The van der Waals surface area contributed by atoms with Gasteiger partial charge in [0, 0.05) is 25.7 Å². The molecule has 1 saturated heterocycles.